The van der Waals surface area contributed by atoms with E-state index in [0.717, 1.165) is 30.6 Å². The van der Waals surface area contributed by atoms with E-state index in [1.807, 2.05) is 6.07 Å². The highest BCUT2D eigenvalue weighted by atomic mass is 19.1. The molecule has 1 aromatic heterocycles. The number of fused-ring (bicyclic) bond motifs is 1. The number of halogens is 1. The van der Waals surface area contributed by atoms with Gasteiger partial charge in [0.25, 0.3) is 0 Å². The SMILES string of the molecule is COC(=O)c1ccc(F)cc1NC1CCCc2occc21. The molecule has 1 N–H and O–H groups in total. The number of furan rings is 1. The summed E-state index contributed by atoms with van der Waals surface area (Å²) >= 11 is 0. The van der Waals surface area contributed by atoms with Crippen LogP contribution in [-0.4, -0.2) is 13.1 Å². The number of ether oxygens (including phenoxy) is 1. The number of anilines is 1. The van der Waals surface area contributed by atoms with Gasteiger partial charge in [0.05, 0.1) is 30.7 Å². The molecule has 1 aromatic carbocycles. The topological polar surface area (TPSA) is 51.5 Å². The lowest BCUT2D eigenvalue weighted by Crippen LogP contribution is -2.18. The van der Waals surface area contributed by atoms with E-state index in [-0.39, 0.29) is 6.04 Å². The number of esters is 1. The first-order valence-corrected chi connectivity index (χ1v) is 6.89. The van der Waals surface area contributed by atoms with Crippen molar-refractivity contribution in [3.05, 3.63) is 53.2 Å². The molecule has 5 heteroatoms. The van der Waals surface area contributed by atoms with Crippen molar-refractivity contribution in [3.8, 4) is 0 Å². The summed E-state index contributed by atoms with van der Waals surface area (Å²) in [6.45, 7) is 0. The summed E-state index contributed by atoms with van der Waals surface area (Å²) in [5.41, 5.74) is 1.84. The third-order valence-corrected chi connectivity index (χ3v) is 3.77. The van der Waals surface area contributed by atoms with Crippen LogP contribution in [0.2, 0.25) is 0 Å². The number of benzene rings is 1. The van der Waals surface area contributed by atoms with Crippen LogP contribution in [0.5, 0.6) is 0 Å². The molecule has 1 aliphatic rings. The Morgan fingerprint density at radius 1 is 1.43 bits per heavy atom. The van der Waals surface area contributed by atoms with Crippen LogP contribution < -0.4 is 5.32 Å². The Labute approximate surface area is 121 Å². The molecule has 0 spiro atoms. The van der Waals surface area contributed by atoms with Gasteiger partial charge in [-0.15, -0.1) is 0 Å². The smallest absolute Gasteiger partial charge is 0.339 e. The first-order chi connectivity index (χ1) is 10.2. The van der Waals surface area contributed by atoms with E-state index in [1.165, 1.54) is 25.3 Å². The molecule has 0 radical (unpaired) electrons. The van der Waals surface area contributed by atoms with Gasteiger partial charge in [0, 0.05) is 12.0 Å². The average molecular weight is 289 g/mol. The van der Waals surface area contributed by atoms with Crippen LogP contribution in [0.3, 0.4) is 0 Å². The molecule has 0 saturated carbocycles. The van der Waals surface area contributed by atoms with Gasteiger partial charge in [-0.2, -0.15) is 0 Å². The molecule has 3 rings (SSSR count). The monoisotopic (exact) mass is 289 g/mol. The van der Waals surface area contributed by atoms with Crippen LogP contribution in [-0.2, 0) is 11.2 Å². The van der Waals surface area contributed by atoms with Gasteiger partial charge < -0.3 is 14.5 Å². The minimum Gasteiger partial charge on any atom is -0.469 e. The molecular formula is C16H16FNO3. The fourth-order valence-electron chi connectivity index (χ4n) is 2.75. The third kappa shape index (κ3) is 2.63. The first-order valence-electron chi connectivity index (χ1n) is 6.89. The number of hydrogen-bond donors (Lipinski definition) is 1. The predicted octanol–water partition coefficient (Wildman–Crippen LogP) is 3.69. The minimum atomic E-state index is -0.485. The zero-order chi connectivity index (χ0) is 14.8. The standard InChI is InChI=1S/C16H16FNO3/c1-20-16(19)12-6-5-10(17)9-14(12)18-13-3-2-4-15-11(13)7-8-21-15/h5-9,13,18H,2-4H2,1H3. The highest BCUT2D eigenvalue weighted by Gasteiger charge is 2.24. The Morgan fingerprint density at radius 3 is 3.10 bits per heavy atom. The van der Waals surface area contributed by atoms with Crippen molar-refractivity contribution in [2.45, 2.75) is 25.3 Å². The Bertz CT molecular complexity index is 665. The van der Waals surface area contributed by atoms with Gasteiger partial charge >= 0.3 is 5.97 Å². The van der Waals surface area contributed by atoms with Gasteiger partial charge in [-0.25, -0.2) is 9.18 Å². The van der Waals surface area contributed by atoms with Crippen LogP contribution >= 0.6 is 0 Å². The zero-order valence-electron chi connectivity index (χ0n) is 11.7. The molecule has 0 fully saturated rings. The molecule has 1 atom stereocenters. The third-order valence-electron chi connectivity index (χ3n) is 3.77. The van der Waals surface area contributed by atoms with Gasteiger partial charge in [0.1, 0.15) is 11.6 Å². The fourth-order valence-corrected chi connectivity index (χ4v) is 2.75. The summed E-state index contributed by atoms with van der Waals surface area (Å²) in [5.74, 6) is 0.0730. The quantitative estimate of drug-likeness (QED) is 0.875. The lowest BCUT2D eigenvalue weighted by atomic mass is 9.93. The first kappa shape index (κ1) is 13.7. The fraction of sp³-hybridized carbons (Fsp3) is 0.312. The average Bonchev–Trinajstić information content (AvgIpc) is 2.96. The maximum atomic E-state index is 13.5. The van der Waals surface area contributed by atoms with E-state index in [4.69, 9.17) is 9.15 Å². The molecule has 0 saturated heterocycles. The van der Waals surface area contributed by atoms with Crippen molar-refractivity contribution in [1.82, 2.24) is 0 Å². The van der Waals surface area contributed by atoms with E-state index in [0.29, 0.717) is 11.3 Å². The maximum absolute atomic E-state index is 13.5. The van der Waals surface area contributed by atoms with Crippen molar-refractivity contribution in [1.29, 1.82) is 0 Å². The molecule has 1 unspecified atom stereocenters. The molecule has 21 heavy (non-hydrogen) atoms. The summed E-state index contributed by atoms with van der Waals surface area (Å²) in [7, 11) is 1.31. The summed E-state index contributed by atoms with van der Waals surface area (Å²) in [6.07, 6.45) is 4.47. The van der Waals surface area contributed by atoms with E-state index in [9.17, 15) is 9.18 Å². The second-order valence-electron chi connectivity index (χ2n) is 5.07. The number of nitrogens with one attached hydrogen (secondary N) is 1. The lowest BCUT2D eigenvalue weighted by Gasteiger charge is -2.24. The number of hydrogen-bond acceptors (Lipinski definition) is 4. The lowest BCUT2D eigenvalue weighted by molar-refractivity contribution is 0.0601. The van der Waals surface area contributed by atoms with Crippen molar-refractivity contribution < 1.29 is 18.3 Å². The number of carbonyl (C=O) groups is 1. The van der Waals surface area contributed by atoms with E-state index in [2.05, 4.69) is 5.32 Å². The predicted molar refractivity (Wildman–Crippen MR) is 75.7 cm³/mol. The number of rotatable bonds is 3. The Hall–Kier alpha value is -2.30. The Morgan fingerprint density at radius 2 is 2.29 bits per heavy atom. The molecule has 1 heterocycles. The van der Waals surface area contributed by atoms with Gasteiger partial charge in [0.15, 0.2) is 0 Å². The van der Waals surface area contributed by atoms with Gasteiger partial charge in [-0.05, 0) is 37.1 Å². The molecule has 4 nitrogen and oxygen atoms in total. The second-order valence-corrected chi connectivity index (χ2v) is 5.07. The molecule has 1 aliphatic carbocycles. The van der Waals surface area contributed by atoms with Crippen LogP contribution in [0.25, 0.3) is 0 Å². The van der Waals surface area contributed by atoms with Crippen LogP contribution in [0.1, 0.15) is 40.6 Å². The normalized spacial score (nSPS) is 17.1. The Balaban J connectivity index is 1.92. The summed E-state index contributed by atoms with van der Waals surface area (Å²) in [4.78, 5) is 11.8. The van der Waals surface area contributed by atoms with E-state index >= 15 is 0 Å². The summed E-state index contributed by atoms with van der Waals surface area (Å²) in [6, 6.07) is 5.94. The van der Waals surface area contributed by atoms with Crippen molar-refractivity contribution in [2.24, 2.45) is 0 Å². The van der Waals surface area contributed by atoms with E-state index < -0.39 is 11.8 Å². The molecule has 2 aromatic rings. The minimum absolute atomic E-state index is 0.0118. The number of aryl methyl sites for hydroxylation is 1. The molecule has 110 valence electrons. The van der Waals surface area contributed by atoms with Crippen molar-refractivity contribution in [3.63, 3.8) is 0 Å². The molecular weight excluding hydrogens is 273 g/mol. The molecule has 0 aliphatic heterocycles. The number of carbonyl (C=O) groups excluding carboxylic acids is 1. The molecule has 0 amide bonds. The van der Waals surface area contributed by atoms with Gasteiger partial charge in [-0.1, -0.05) is 0 Å². The second kappa shape index (κ2) is 5.60. The summed E-state index contributed by atoms with van der Waals surface area (Å²) < 4.78 is 23.7. The highest BCUT2D eigenvalue weighted by molar-refractivity contribution is 5.95. The van der Waals surface area contributed by atoms with Crippen LogP contribution in [0.15, 0.2) is 34.9 Å². The van der Waals surface area contributed by atoms with Gasteiger partial charge in [0.2, 0.25) is 0 Å². The number of methoxy groups -OCH3 is 1. The molecule has 0 bridgehead atoms. The van der Waals surface area contributed by atoms with E-state index in [1.54, 1.807) is 6.26 Å². The highest BCUT2D eigenvalue weighted by Crippen LogP contribution is 2.34. The maximum Gasteiger partial charge on any atom is 0.339 e. The van der Waals surface area contributed by atoms with Crippen LogP contribution in [0.4, 0.5) is 10.1 Å². The largest absolute Gasteiger partial charge is 0.469 e. The zero-order valence-corrected chi connectivity index (χ0v) is 11.7. The van der Waals surface area contributed by atoms with Crippen molar-refractivity contribution >= 4 is 11.7 Å². The van der Waals surface area contributed by atoms with Gasteiger partial charge in [-0.3, -0.25) is 0 Å². The summed E-state index contributed by atoms with van der Waals surface area (Å²) in [5, 5.41) is 3.25. The van der Waals surface area contributed by atoms with Crippen LogP contribution in [0, 0.1) is 5.82 Å². The Kier molecular flexibility index (Phi) is 3.64. The van der Waals surface area contributed by atoms with Crippen molar-refractivity contribution in [2.75, 3.05) is 12.4 Å².